The second kappa shape index (κ2) is 6.18. The first-order valence-electron chi connectivity index (χ1n) is 7.69. The zero-order chi connectivity index (χ0) is 12.9. The van der Waals surface area contributed by atoms with E-state index in [-0.39, 0.29) is 0 Å². The van der Waals surface area contributed by atoms with E-state index in [1.165, 1.54) is 56.2 Å². The van der Waals surface area contributed by atoms with Gasteiger partial charge >= 0.3 is 0 Å². The van der Waals surface area contributed by atoms with E-state index in [1.807, 2.05) is 12.3 Å². The Bertz CT molecular complexity index is 447. The molecular weight excluding hydrogens is 234 g/mol. The number of anilines is 1. The topological polar surface area (TPSA) is 37.3 Å². The van der Waals surface area contributed by atoms with Crippen molar-refractivity contribution in [1.82, 2.24) is 4.98 Å². The lowest BCUT2D eigenvalue weighted by Crippen LogP contribution is -2.24. The van der Waals surface area contributed by atoms with Gasteiger partial charge in [-0.05, 0) is 44.2 Å². The highest BCUT2D eigenvalue weighted by Gasteiger charge is 2.17. The third-order valence-electron chi connectivity index (χ3n) is 4.19. The van der Waals surface area contributed by atoms with Crippen LogP contribution in [0.1, 0.15) is 56.9 Å². The molecule has 0 saturated heterocycles. The molecule has 3 nitrogen and oxygen atoms in total. The molecule has 0 aromatic carbocycles. The zero-order valence-corrected chi connectivity index (χ0v) is 11.6. The number of aliphatic imine (C=N–C) groups is 1. The van der Waals surface area contributed by atoms with Crippen LogP contribution in [0.2, 0.25) is 0 Å². The third kappa shape index (κ3) is 3.14. The molecule has 1 aromatic heterocycles. The molecule has 2 heterocycles. The maximum Gasteiger partial charge on any atom is 0.135 e. The minimum Gasteiger partial charge on any atom is -0.367 e. The first kappa shape index (κ1) is 12.6. The van der Waals surface area contributed by atoms with Crippen LogP contribution in [0.4, 0.5) is 5.82 Å². The highest BCUT2D eigenvalue weighted by molar-refractivity contribution is 6.04. The summed E-state index contributed by atoms with van der Waals surface area (Å²) >= 11 is 0. The first-order chi connectivity index (χ1) is 9.43. The van der Waals surface area contributed by atoms with Crippen molar-refractivity contribution >= 4 is 11.5 Å². The van der Waals surface area contributed by atoms with E-state index in [4.69, 9.17) is 4.99 Å². The zero-order valence-electron chi connectivity index (χ0n) is 11.6. The van der Waals surface area contributed by atoms with Crippen LogP contribution in [0.3, 0.4) is 0 Å². The quantitative estimate of drug-likeness (QED) is 0.894. The number of rotatable bonds is 3. The standard InChI is InChI=1S/C16H23N3/c1-2-7-13(8-3-1)19-16-14(9-6-12-18-16)15-10-4-5-11-17-15/h6,9,12-13H,1-5,7-8,10-11H2,(H,18,19). The lowest BCUT2D eigenvalue weighted by Gasteiger charge is -2.25. The molecule has 19 heavy (non-hydrogen) atoms. The highest BCUT2D eigenvalue weighted by atomic mass is 15.0. The molecule has 0 radical (unpaired) electrons. The molecule has 1 saturated carbocycles. The molecule has 3 rings (SSSR count). The van der Waals surface area contributed by atoms with Crippen LogP contribution >= 0.6 is 0 Å². The molecule has 102 valence electrons. The van der Waals surface area contributed by atoms with Crippen LogP contribution in [-0.4, -0.2) is 23.3 Å². The second-order valence-corrected chi connectivity index (χ2v) is 5.66. The van der Waals surface area contributed by atoms with E-state index in [0.29, 0.717) is 6.04 Å². The molecule has 1 aromatic rings. The van der Waals surface area contributed by atoms with Crippen LogP contribution in [0.5, 0.6) is 0 Å². The number of hydrogen-bond acceptors (Lipinski definition) is 3. The van der Waals surface area contributed by atoms with Gasteiger partial charge in [-0.1, -0.05) is 19.3 Å². The fraction of sp³-hybridized carbons (Fsp3) is 0.625. The molecule has 1 aliphatic heterocycles. The summed E-state index contributed by atoms with van der Waals surface area (Å²) in [5.41, 5.74) is 2.48. The minimum absolute atomic E-state index is 0.603. The molecule has 3 heteroatoms. The Morgan fingerprint density at radius 3 is 2.74 bits per heavy atom. The van der Waals surface area contributed by atoms with Crippen molar-refractivity contribution in [3.05, 3.63) is 23.9 Å². The predicted octanol–water partition coefficient (Wildman–Crippen LogP) is 3.80. The molecule has 0 bridgehead atoms. The summed E-state index contributed by atoms with van der Waals surface area (Å²) < 4.78 is 0. The molecule has 1 N–H and O–H groups in total. The van der Waals surface area contributed by atoms with E-state index in [2.05, 4.69) is 16.4 Å². The van der Waals surface area contributed by atoms with Crippen molar-refractivity contribution in [3.63, 3.8) is 0 Å². The van der Waals surface area contributed by atoms with Gasteiger partial charge in [-0.25, -0.2) is 4.98 Å². The molecular formula is C16H23N3. The van der Waals surface area contributed by atoms with E-state index >= 15 is 0 Å². The highest BCUT2D eigenvalue weighted by Crippen LogP contribution is 2.24. The van der Waals surface area contributed by atoms with E-state index < -0.39 is 0 Å². The van der Waals surface area contributed by atoms with Crippen molar-refractivity contribution in [2.45, 2.75) is 57.4 Å². The minimum atomic E-state index is 0.603. The summed E-state index contributed by atoms with van der Waals surface area (Å²) in [6.07, 6.45) is 12.1. The van der Waals surface area contributed by atoms with Crippen LogP contribution in [0.25, 0.3) is 0 Å². The van der Waals surface area contributed by atoms with Crippen molar-refractivity contribution < 1.29 is 0 Å². The molecule has 1 fully saturated rings. The lowest BCUT2D eigenvalue weighted by atomic mass is 9.95. The third-order valence-corrected chi connectivity index (χ3v) is 4.19. The normalized spacial score (nSPS) is 20.9. The fourth-order valence-corrected chi connectivity index (χ4v) is 3.11. The Morgan fingerprint density at radius 2 is 1.95 bits per heavy atom. The number of pyridine rings is 1. The number of nitrogens with one attached hydrogen (secondary N) is 1. The maximum atomic E-state index is 4.69. The lowest BCUT2D eigenvalue weighted by molar-refractivity contribution is 0.462. The van der Waals surface area contributed by atoms with Crippen molar-refractivity contribution in [3.8, 4) is 0 Å². The van der Waals surface area contributed by atoms with Crippen LogP contribution in [0.15, 0.2) is 23.3 Å². The van der Waals surface area contributed by atoms with Crippen LogP contribution in [0, 0.1) is 0 Å². The molecule has 0 atom stereocenters. The average Bonchev–Trinajstić information content (AvgIpc) is 2.50. The Labute approximate surface area is 115 Å². The monoisotopic (exact) mass is 257 g/mol. The van der Waals surface area contributed by atoms with Crippen molar-refractivity contribution in [2.75, 3.05) is 11.9 Å². The van der Waals surface area contributed by atoms with Gasteiger partial charge in [-0.2, -0.15) is 0 Å². The van der Waals surface area contributed by atoms with Gasteiger partial charge < -0.3 is 5.32 Å². The van der Waals surface area contributed by atoms with Gasteiger partial charge in [0.25, 0.3) is 0 Å². The van der Waals surface area contributed by atoms with Crippen LogP contribution < -0.4 is 5.32 Å². The molecule has 0 amide bonds. The molecule has 0 unspecified atom stereocenters. The second-order valence-electron chi connectivity index (χ2n) is 5.66. The first-order valence-corrected chi connectivity index (χ1v) is 7.69. The Morgan fingerprint density at radius 1 is 1.05 bits per heavy atom. The summed E-state index contributed by atoms with van der Waals surface area (Å²) in [7, 11) is 0. The Kier molecular flexibility index (Phi) is 4.11. The van der Waals surface area contributed by atoms with Gasteiger partial charge in [0, 0.05) is 30.1 Å². The van der Waals surface area contributed by atoms with Gasteiger partial charge in [-0.3, -0.25) is 4.99 Å². The Hall–Kier alpha value is -1.38. The Balaban J connectivity index is 1.78. The van der Waals surface area contributed by atoms with Gasteiger partial charge in [0.1, 0.15) is 5.82 Å². The summed E-state index contributed by atoms with van der Waals surface area (Å²) in [6, 6.07) is 4.80. The molecule has 2 aliphatic rings. The number of nitrogens with zero attached hydrogens (tertiary/aromatic N) is 2. The van der Waals surface area contributed by atoms with E-state index in [1.54, 1.807) is 0 Å². The van der Waals surface area contributed by atoms with Gasteiger partial charge in [0.15, 0.2) is 0 Å². The molecule has 0 spiro atoms. The fourth-order valence-electron chi connectivity index (χ4n) is 3.11. The van der Waals surface area contributed by atoms with Crippen molar-refractivity contribution in [2.24, 2.45) is 4.99 Å². The number of aromatic nitrogens is 1. The summed E-state index contributed by atoms with van der Waals surface area (Å²) in [6.45, 7) is 0.979. The number of hydrogen-bond donors (Lipinski definition) is 1. The van der Waals surface area contributed by atoms with Gasteiger partial charge in [-0.15, -0.1) is 0 Å². The maximum absolute atomic E-state index is 4.69. The van der Waals surface area contributed by atoms with Crippen molar-refractivity contribution in [1.29, 1.82) is 0 Å². The van der Waals surface area contributed by atoms with Crippen LogP contribution in [-0.2, 0) is 0 Å². The smallest absolute Gasteiger partial charge is 0.135 e. The van der Waals surface area contributed by atoms with Gasteiger partial charge in [0.05, 0.1) is 0 Å². The molecule has 1 aliphatic carbocycles. The van der Waals surface area contributed by atoms with Gasteiger partial charge in [0.2, 0.25) is 0 Å². The largest absolute Gasteiger partial charge is 0.367 e. The summed E-state index contributed by atoms with van der Waals surface area (Å²) in [4.78, 5) is 9.25. The average molecular weight is 257 g/mol. The summed E-state index contributed by atoms with van der Waals surface area (Å²) in [5.74, 6) is 1.05. The van der Waals surface area contributed by atoms with E-state index in [9.17, 15) is 0 Å². The SMILES string of the molecule is c1cnc(NC2CCCCC2)c(C2=NCCCC2)c1. The predicted molar refractivity (Wildman–Crippen MR) is 80.0 cm³/mol. The summed E-state index contributed by atoms with van der Waals surface area (Å²) in [5, 5.41) is 3.65. The van der Waals surface area contributed by atoms with E-state index in [0.717, 1.165) is 18.8 Å².